The van der Waals surface area contributed by atoms with Crippen LogP contribution in [-0.2, 0) is 6.54 Å². The Balaban J connectivity index is 2.02. The fraction of sp³-hybridized carbons (Fsp3) is 0.200. The van der Waals surface area contributed by atoms with Gasteiger partial charge in [-0.05, 0) is 36.2 Å². The maximum Gasteiger partial charge on any atom is 0.270 e. The van der Waals surface area contributed by atoms with E-state index in [-0.39, 0.29) is 17.5 Å². The highest BCUT2D eigenvalue weighted by Gasteiger charge is 2.11. The number of benzene rings is 2. The van der Waals surface area contributed by atoms with E-state index in [0.29, 0.717) is 11.6 Å². The second kappa shape index (κ2) is 6.65. The predicted octanol–water partition coefficient (Wildman–Crippen LogP) is 4.24. The fourth-order valence-electron chi connectivity index (χ4n) is 1.93. The van der Waals surface area contributed by atoms with Crippen LogP contribution < -0.4 is 5.32 Å². The number of nitro groups is 1. The van der Waals surface area contributed by atoms with Crippen LogP contribution in [0.2, 0.25) is 5.02 Å². The molecule has 1 N–H and O–H groups in total. The zero-order valence-corrected chi connectivity index (χ0v) is 12.1. The summed E-state index contributed by atoms with van der Waals surface area (Å²) in [6.45, 7) is 2.42. The molecule has 0 bridgehead atoms. The van der Waals surface area contributed by atoms with Crippen molar-refractivity contribution in [1.29, 1.82) is 0 Å². The maximum absolute atomic E-state index is 12.9. The largest absolute Gasteiger partial charge is 0.306 e. The molecule has 0 fully saturated rings. The first-order valence-corrected chi connectivity index (χ1v) is 6.77. The molecule has 4 nitrogen and oxygen atoms in total. The number of nitrogens with one attached hydrogen (secondary N) is 1. The molecule has 0 aromatic heterocycles. The van der Waals surface area contributed by atoms with Crippen LogP contribution >= 0.6 is 11.6 Å². The van der Waals surface area contributed by atoms with Crippen molar-refractivity contribution in [2.24, 2.45) is 0 Å². The smallest absolute Gasteiger partial charge is 0.270 e. The van der Waals surface area contributed by atoms with E-state index in [0.717, 1.165) is 11.1 Å². The molecule has 0 heterocycles. The molecule has 0 saturated carbocycles. The highest BCUT2D eigenvalue weighted by atomic mass is 35.5. The first-order chi connectivity index (χ1) is 9.97. The molecule has 0 amide bonds. The van der Waals surface area contributed by atoms with Gasteiger partial charge < -0.3 is 5.32 Å². The Bertz CT molecular complexity index is 647. The summed E-state index contributed by atoms with van der Waals surface area (Å²) in [5, 5.41) is 14.2. The van der Waals surface area contributed by atoms with Crippen molar-refractivity contribution in [3.63, 3.8) is 0 Å². The van der Waals surface area contributed by atoms with Crippen molar-refractivity contribution in [3.05, 3.63) is 74.5 Å². The average Bonchev–Trinajstić information content (AvgIpc) is 2.46. The van der Waals surface area contributed by atoms with Crippen LogP contribution in [0.1, 0.15) is 24.1 Å². The summed E-state index contributed by atoms with van der Waals surface area (Å²) in [5.41, 5.74) is 1.70. The second-order valence-electron chi connectivity index (χ2n) is 4.69. The van der Waals surface area contributed by atoms with Gasteiger partial charge in [0, 0.05) is 24.7 Å². The molecule has 1 atom stereocenters. The van der Waals surface area contributed by atoms with E-state index in [4.69, 9.17) is 11.6 Å². The molecular formula is C15H14ClFN2O2. The third-order valence-electron chi connectivity index (χ3n) is 3.22. The van der Waals surface area contributed by atoms with Crippen LogP contribution in [-0.4, -0.2) is 4.92 Å². The highest BCUT2D eigenvalue weighted by molar-refractivity contribution is 6.31. The summed E-state index contributed by atoms with van der Waals surface area (Å²) in [6.07, 6.45) is 0. The Morgan fingerprint density at radius 1 is 1.29 bits per heavy atom. The first-order valence-electron chi connectivity index (χ1n) is 6.39. The maximum atomic E-state index is 12.9. The summed E-state index contributed by atoms with van der Waals surface area (Å²) < 4.78 is 12.9. The van der Waals surface area contributed by atoms with Gasteiger partial charge in [-0.15, -0.1) is 0 Å². The van der Waals surface area contributed by atoms with Crippen molar-refractivity contribution < 1.29 is 9.31 Å². The Morgan fingerprint density at radius 2 is 1.95 bits per heavy atom. The van der Waals surface area contributed by atoms with Crippen LogP contribution in [0.4, 0.5) is 10.1 Å². The summed E-state index contributed by atoms with van der Waals surface area (Å²) in [7, 11) is 0. The Kier molecular flexibility index (Phi) is 4.88. The van der Waals surface area contributed by atoms with Gasteiger partial charge in [-0.1, -0.05) is 23.7 Å². The molecular weight excluding hydrogens is 295 g/mol. The van der Waals surface area contributed by atoms with Gasteiger partial charge in [0.05, 0.1) is 9.95 Å². The van der Waals surface area contributed by atoms with Crippen LogP contribution in [0.5, 0.6) is 0 Å². The molecule has 2 aromatic rings. The Morgan fingerprint density at radius 3 is 2.52 bits per heavy atom. The number of rotatable bonds is 5. The number of halogens is 2. The highest BCUT2D eigenvalue weighted by Crippen LogP contribution is 2.23. The number of non-ortho nitro benzene ring substituents is 1. The summed E-state index contributed by atoms with van der Waals surface area (Å²) in [6, 6.07) is 10.6. The van der Waals surface area contributed by atoms with Crippen LogP contribution in [0.3, 0.4) is 0 Å². The lowest BCUT2D eigenvalue weighted by Crippen LogP contribution is -2.18. The molecule has 2 aromatic carbocycles. The van der Waals surface area contributed by atoms with Crippen molar-refractivity contribution in [3.8, 4) is 0 Å². The quantitative estimate of drug-likeness (QED) is 0.664. The lowest BCUT2D eigenvalue weighted by atomic mass is 10.1. The van der Waals surface area contributed by atoms with Crippen molar-refractivity contribution in [2.45, 2.75) is 19.5 Å². The van der Waals surface area contributed by atoms with Gasteiger partial charge in [0.1, 0.15) is 5.82 Å². The minimum atomic E-state index is -0.482. The van der Waals surface area contributed by atoms with Crippen molar-refractivity contribution in [2.75, 3.05) is 0 Å². The third-order valence-corrected chi connectivity index (χ3v) is 3.57. The molecule has 0 spiro atoms. The Labute approximate surface area is 126 Å². The third kappa shape index (κ3) is 4.00. The molecule has 6 heteroatoms. The summed E-state index contributed by atoms with van der Waals surface area (Å²) in [4.78, 5) is 10.2. The number of nitrogens with zero attached hydrogens (tertiary/aromatic N) is 1. The number of nitro benzene ring substituents is 1. The zero-order valence-electron chi connectivity index (χ0n) is 11.3. The van der Waals surface area contributed by atoms with E-state index in [1.165, 1.54) is 24.3 Å². The second-order valence-corrected chi connectivity index (χ2v) is 5.09. The van der Waals surface area contributed by atoms with Gasteiger partial charge in [-0.25, -0.2) is 4.39 Å². The SMILES string of the molecule is CC(NCc1ccc([N+](=O)[O-])cc1Cl)c1ccc(F)cc1. The van der Waals surface area contributed by atoms with E-state index in [2.05, 4.69) is 5.32 Å². The summed E-state index contributed by atoms with van der Waals surface area (Å²) in [5.74, 6) is -0.274. The monoisotopic (exact) mass is 308 g/mol. The molecule has 2 rings (SSSR count). The predicted molar refractivity (Wildman–Crippen MR) is 79.8 cm³/mol. The van der Waals surface area contributed by atoms with Crippen molar-refractivity contribution in [1.82, 2.24) is 5.32 Å². The molecule has 110 valence electrons. The van der Waals surface area contributed by atoms with Crippen molar-refractivity contribution >= 4 is 17.3 Å². The fourth-order valence-corrected chi connectivity index (χ4v) is 2.17. The van der Waals surface area contributed by atoms with Gasteiger partial charge in [-0.2, -0.15) is 0 Å². The molecule has 21 heavy (non-hydrogen) atoms. The normalized spacial score (nSPS) is 12.1. The number of hydrogen-bond acceptors (Lipinski definition) is 3. The average molecular weight is 309 g/mol. The minimum absolute atomic E-state index is 0.0110. The first kappa shape index (κ1) is 15.4. The molecule has 0 aliphatic rings. The lowest BCUT2D eigenvalue weighted by Gasteiger charge is -2.15. The molecule has 0 radical (unpaired) electrons. The van der Waals surface area contributed by atoms with Crippen LogP contribution in [0.15, 0.2) is 42.5 Å². The van der Waals surface area contributed by atoms with Gasteiger partial charge >= 0.3 is 0 Å². The molecule has 1 unspecified atom stereocenters. The van der Waals surface area contributed by atoms with Gasteiger partial charge in [-0.3, -0.25) is 10.1 Å². The Hall–Kier alpha value is -1.98. The summed E-state index contributed by atoms with van der Waals surface area (Å²) >= 11 is 6.03. The van der Waals surface area contributed by atoms with Gasteiger partial charge in [0.15, 0.2) is 0 Å². The zero-order chi connectivity index (χ0) is 15.4. The minimum Gasteiger partial charge on any atom is -0.306 e. The molecule has 0 saturated heterocycles. The van der Waals surface area contributed by atoms with Crippen LogP contribution in [0, 0.1) is 15.9 Å². The van der Waals surface area contributed by atoms with E-state index in [9.17, 15) is 14.5 Å². The van der Waals surface area contributed by atoms with Gasteiger partial charge in [0.2, 0.25) is 0 Å². The molecule has 0 aliphatic carbocycles. The van der Waals surface area contributed by atoms with E-state index in [1.807, 2.05) is 6.92 Å². The van der Waals surface area contributed by atoms with E-state index in [1.54, 1.807) is 18.2 Å². The van der Waals surface area contributed by atoms with Gasteiger partial charge in [0.25, 0.3) is 5.69 Å². The van der Waals surface area contributed by atoms with Crippen LogP contribution in [0.25, 0.3) is 0 Å². The van der Waals surface area contributed by atoms with E-state index >= 15 is 0 Å². The number of hydrogen-bond donors (Lipinski definition) is 1. The standard InChI is InChI=1S/C15H14ClFN2O2/c1-10(11-2-5-13(17)6-3-11)18-9-12-4-7-14(19(20)21)8-15(12)16/h2-8,10,18H,9H2,1H3. The topological polar surface area (TPSA) is 55.2 Å². The van der Waals surface area contributed by atoms with E-state index < -0.39 is 4.92 Å². The lowest BCUT2D eigenvalue weighted by molar-refractivity contribution is -0.384. The molecule has 0 aliphatic heterocycles.